The van der Waals surface area contributed by atoms with E-state index in [9.17, 15) is 5.26 Å². The number of anilines is 1. The predicted molar refractivity (Wildman–Crippen MR) is 110 cm³/mol. The van der Waals surface area contributed by atoms with Gasteiger partial charge in [-0.25, -0.2) is 9.78 Å². The van der Waals surface area contributed by atoms with Gasteiger partial charge >= 0.3 is 0 Å². The summed E-state index contributed by atoms with van der Waals surface area (Å²) < 4.78 is 7.67. The van der Waals surface area contributed by atoms with Crippen LogP contribution in [0.3, 0.4) is 0 Å². The molecule has 1 unspecified atom stereocenters. The molecule has 0 aliphatic rings. The van der Waals surface area contributed by atoms with E-state index in [2.05, 4.69) is 6.07 Å². The number of fused-ring (bicyclic) bond motifs is 1. The first-order valence-electron chi connectivity index (χ1n) is 9.19. The molecule has 0 saturated carbocycles. The number of ether oxygens (including phenoxy) is 1. The molecule has 0 radical (unpaired) electrons. The monoisotopic (exact) mass is 379 g/mol. The van der Waals surface area contributed by atoms with Gasteiger partial charge in [0, 0.05) is 31.2 Å². The van der Waals surface area contributed by atoms with Gasteiger partial charge in [-0.05, 0) is 43.7 Å². The molecule has 0 saturated heterocycles. The Balaban J connectivity index is 2.03. The van der Waals surface area contributed by atoms with Crippen LogP contribution in [0.25, 0.3) is 22.2 Å². The zero-order valence-corrected chi connectivity index (χ0v) is 16.9. The molecule has 0 amide bonds. The van der Waals surface area contributed by atoms with Crippen LogP contribution in [0.2, 0.25) is 0 Å². The molecule has 0 N–H and O–H groups in total. The van der Waals surface area contributed by atoms with Crippen LogP contribution in [0.4, 0.5) is 5.69 Å². The van der Waals surface area contributed by atoms with Crippen LogP contribution in [-0.4, -0.2) is 31.6 Å². The summed E-state index contributed by atoms with van der Waals surface area (Å²) in [6.45, 7) is 4.47. The van der Waals surface area contributed by atoms with Crippen LogP contribution < -0.4 is 9.64 Å². The minimum absolute atomic E-state index is 0.222. The van der Waals surface area contributed by atoms with E-state index >= 15 is 0 Å². The number of hydrogen-bond acceptors (Lipinski definition) is 5. The lowest BCUT2D eigenvalue weighted by atomic mass is 10.1. The van der Waals surface area contributed by atoms with E-state index < -0.39 is 0 Å². The Kier molecular flexibility index (Phi) is 5.88. The van der Waals surface area contributed by atoms with Crippen molar-refractivity contribution in [1.82, 2.24) is 4.57 Å². The molecule has 6 nitrogen and oxygen atoms in total. The highest BCUT2D eigenvalue weighted by Crippen LogP contribution is 2.35. The fraction of sp³-hybridized carbons (Fsp3) is 0.318. The summed E-state index contributed by atoms with van der Waals surface area (Å²) in [5, 5.41) is 10.7. The van der Waals surface area contributed by atoms with Crippen molar-refractivity contribution in [1.29, 1.82) is 5.26 Å². The summed E-state index contributed by atoms with van der Waals surface area (Å²) in [4.78, 5) is 11.9. The lowest BCUT2D eigenvalue weighted by Gasteiger charge is -2.25. The second-order valence-corrected chi connectivity index (χ2v) is 6.53. The Labute approximate surface area is 165 Å². The lowest BCUT2D eigenvalue weighted by molar-refractivity contribution is -0.299. The molecule has 0 spiro atoms. The molecule has 28 heavy (non-hydrogen) atoms. The molecule has 0 fully saturated rings. The number of nitriles is 1. The smallest absolute Gasteiger partial charge is 0.161 e. The predicted octanol–water partition coefficient (Wildman–Crippen LogP) is 4.48. The van der Waals surface area contributed by atoms with Crippen molar-refractivity contribution >= 4 is 16.6 Å². The van der Waals surface area contributed by atoms with E-state index in [1.54, 1.807) is 0 Å². The minimum Gasteiger partial charge on any atom is -0.494 e. The molecular weight excluding hydrogens is 354 g/mol. The van der Waals surface area contributed by atoms with Crippen molar-refractivity contribution in [3.63, 3.8) is 0 Å². The standard InChI is InChI=1S/C22H25N3O3/c1-6-27-18-11-12-19-20(14-23)22(25(4)21(19)13-18)16-7-9-17(10-8-16)24(3)15(2)28-26-5/h7-13,15H,6H2,1-5H3. The maximum absolute atomic E-state index is 9.81. The average Bonchev–Trinajstić information content (AvgIpc) is 2.99. The molecule has 0 aliphatic heterocycles. The van der Waals surface area contributed by atoms with Crippen LogP contribution in [-0.2, 0) is 16.8 Å². The van der Waals surface area contributed by atoms with E-state index in [1.165, 1.54) is 7.11 Å². The third-order valence-electron chi connectivity index (χ3n) is 4.92. The van der Waals surface area contributed by atoms with Gasteiger partial charge < -0.3 is 14.2 Å². The van der Waals surface area contributed by atoms with E-state index in [0.29, 0.717) is 12.2 Å². The van der Waals surface area contributed by atoms with Gasteiger partial charge in [0.05, 0.1) is 30.5 Å². The lowest BCUT2D eigenvalue weighted by Crippen LogP contribution is -2.30. The normalized spacial score (nSPS) is 12.0. The van der Waals surface area contributed by atoms with Crippen LogP contribution in [0.1, 0.15) is 19.4 Å². The van der Waals surface area contributed by atoms with Crippen molar-refractivity contribution in [2.45, 2.75) is 20.1 Å². The summed E-state index contributed by atoms with van der Waals surface area (Å²) in [5.74, 6) is 0.802. The second kappa shape index (κ2) is 8.34. The molecule has 146 valence electrons. The van der Waals surface area contributed by atoms with Gasteiger partial charge in [-0.2, -0.15) is 5.26 Å². The zero-order chi connectivity index (χ0) is 20.3. The first-order valence-corrected chi connectivity index (χ1v) is 9.19. The largest absolute Gasteiger partial charge is 0.494 e. The van der Waals surface area contributed by atoms with Crippen molar-refractivity contribution in [2.75, 3.05) is 25.7 Å². The molecule has 3 aromatic rings. The third kappa shape index (κ3) is 3.55. The highest BCUT2D eigenvalue weighted by atomic mass is 17.2. The molecule has 1 aromatic heterocycles. The number of hydrogen-bond donors (Lipinski definition) is 0. The fourth-order valence-corrected chi connectivity index (χ4v) is 3.39. The summed E-state index contributed by atoms with van der Waals surface area (Å²) >= 11 is 0. The summed E-state index contributed by atoms with van der Waals surface area (Å²) in [5.41, 5.74) is 4.50. The van der Waals surface area contributed by atoms with Crippen LogP contribution in [0.15, 0.2) is 42.5 Å². The Hall–Kier alpha value is -3.01. The van der Waals surface area contributed by atoms with Gasteiger partial charge in [0.15, 0.2) is 6.23 Å². The van der Waals surface area contributed by atoms with E-state index in [1.807, 2.05) is 79.9 Å². The molecule has 6 heteroatoms. The highest BCUT2D eigenvalue weighted by molar-refractivity contribution is 5.95. The van der Waals surface area contributed by atoms with Crippen LogP contribution in [0.5, 0.6) is 5.75 Å². The molecule has 0 aliphatic carbocycles. The van der Waals surface area contributed by atoms with Crippen molar-refractivity contribution in [2.24, 2.45) is 7.05 Å². The van der Waals surface area contributed by atoms with E-state index in [0.717, 1.165) is 33.6 Å². The quantitative estimate of drug-likeness (QED) is 0.344. The first kappa shape index (κ1) is 19.7. The Bertz CT molecular complexity index is 1000. The summed E-state index contributed by atoms with van der Waals surface area (Å²) in [6.07, 6.45) is -0.222. The topological polar surface area (TPSA) is 59.6 Å². The molecule has 3 rings (SSSR count). The minimum atomic E-state index is -0.222. The molecule has 1 atom stereocenters. The van der Waals surface area contributed by atoms with Gasteiger partial charge in [0.1, 0.15) is 11.8 Å². The number of aromatic nitrogens is 1. The summed E-state index contributed by atoms with van der Waals surface area (Å²) in [7, 11) is 5.40. The van der Waals surface area contributed by atoms with Gasteiger partial charge in [0.25, 0.3) is 0 Å². The van der Waals surface area contributed by atoms with Crippen molar-refractivity contribution in [3.8, 4) is 23.1 Å². The Morgan fingerprint density at radius 1 is 1.18 bits per heavy atom. The third-order valence-corrected chi connectivity index (χ3v) is 4.92. The Morgan fingerprint density at radius 3 is 2.50 bits per heavy atom. The maximum Gasteiger partial charge on any atom is 0.161 e. The van der Waals surface area contributed by atoms with Gasteiger partial charge in [-0.1, -0.05) is 12.1 Å². The zero-order valence-electron chi connectivity index (χ0n) is 16.9. The van der Waals surface area contributed by atoms with E-state index in [4.69, 9.17) is 14.5 Å². The van der Waals surface area contributed by atoms with Crippen LogP contribution in [0, 0.1) is 11.3 Å². The Morgan fingerprint density at radius 2 is 1.89 bits per heavy atom. The molecule has 0 bridgehead atoms. The SMILES string of the molecule is CCOc1ccc2c(C#N)c(-c3ccc(N(C)C(C)OOC)cc3)n(C)c2c1. The number of rotatable bonds is 7. The molecular formula is C22H25N3O3. The fourth-order valence-electron chi connectivity index (χ4n) is 3.39. The van der Waals surface area contributed by atoms with Crippen molar-refractivity contribution < 1.29 is 14.5 Å². The van der Waals surface area contributed by atoms with Crippen LogP contribution >= 0.6 is 0 Å². The second-order valence-electron chi connectivity index (χ2n) is 6.53. The average molecular weight is 379 g/mol. The van der Waals surface area contributed by atoms with Gasteiger partial charge in [-0.15, -0.1) is 0 Å². The highest BCUT2D eigenvalue weighted by Gasteiger charge is 2.18. The number of nitrogens with zero attached hydrogens (tertiary/aromatic N) is 3. The summed E-state index contributed by atoms with van der Waals surface area (Å²) in [6, 6.07) is 16.3. The molecule has 2 aromatic carbocycles. The van der Waals surface area contributed by atoms with Gasteiger partial charge in [-0.3, -0.25) is 0 Å². The molecule has 1 heterocycles. The van der Waals surface area contributed by atoms with Gasteiger partial charge in [0.2, 0.25) is 0 Å². The number of aryl methyl sites for hydroxylation is 1. The maximum atomic E-state index is 9.81. The number of benzene rings is 2. The van der Waals surface area contributed by atoms with Crippen molar-refractivity contribution in [3.05, 3.63) is 48.0 Å². The first-order chi connectivity index (χ1) is 13.5. The van der Waals surface area contributed by atoms with E-state index in [-0.39, 0.29) is 6.23 Å².